The van der Waals surface area contributed by atoms with Crippen LogP contribution in [0.2, 0.25) is 0 Å². The lowest BCUT2D eigenvalue weighted by molar-refractivity contribution is 0.602. The minimum absolute atomic E-state index is 0.260. The lowest BCUT2D eigenvalue weighted by Crippen LogP contribution is -1.99. The summed E-state index contributed by atoms with van der Waals surface area (Å²) in [5, 5.41) is 0. The lowest BCUT2D eigenvalue weighted by atomic mass is 10.3. The highest BCUT2D eigenvalue weighted by atomic mass is 127. The van der Waals surface area contributed by atoms with E-state index in [1.807, 2.05) is 34.9 Å². The van der Waals surface area contributed by atoms with Gasteiger partial charge in [-0.3, -0.25) is 4.57 Å². The highest BCUT2D eigenvalue weighted by Crippen LogP contribution is 2.27. The van der Waals surface area contributed by atoms with E-state index in [2.05, 4.69) is 27.6 Å². The number of fused-ring (bicyclic) bond motifs is 1. The van der Waals surface area contributed by atoms with Gasteiger partial charge in [-0.15, -0.1) is 0 Å². The van der Waals surface area contributed by atoms with Crippen LogP contribution in [0.3, 0.4) is 0 Å². The van der Waals surface area contributed by atoms with Crippen LogP contribution in [0.4, 0.5) is 0 Å². The summed E-state index contributed by atoms with van der Waals surface area (Å²) in [6, 6.07) is 13.0. The quantitative estimate of drug-likeness (QED) is 0.499. The van der Waals surface area contributed by atoms with Gasteiger partial charge in [0.1, 0.15) is 0 Å². The summed E-state index contributed by atoms with van der Waals surface area (Å²) in [4.78, 5) is 3.28. The number of hydrogen-bond donors (Lipinski definition) is 1. The molecule has 21 heavy (non-hydrogen) atoms. The van der Waals surface area contributed by atoms with Crippen LogP contribution < -0.4 is 0 Å². The number of halogens is 1. The molecule has 3 rings (SSSR count). The van der Waals surface area contributed by atoms with Crippen molar-refractivity contribution < 1.29 is 8.42 Å². The van der Waals surface area contributed by atoms with E-state index in [1.54, 1.807) is 12.1 Å². The smallest absolute Gasteiger partial charge is 0.182 e. The number of imidazole rings is 1. The first-order valence-corrected chi connectivity index (χ1v) is 9.46. The molecule has 3 aromatic rings. The Bertz CT molecular complexity index is 1000. The summed E-state index contributed by atoms with van der Waals surface area (Å²) in [5.41, 5.74) is 2.23. The molecule has 0 aliphatic heterocycles. The third kappa shape index (κ3) is 2.53. The number of H-pyrrole nitrogens is 1. The van der Waals surface area contributed by atoms with Gasteiger partial charge in [-0.1, -0.05) is 18.2 Å². The minimum Gasteiger partial charge on any atom is -0.329 e. The standard InChI is InChI=1S/C14H11IN2O2S2/c1-21(18,19)12-8-4-7-11-13(12)16-14(20)17(11)10-6-3-2-5-9(10)15/h2-8H,1H3,(H,16,20). The van der Waals surface area contributed by atoms with E-state index < -0.39 is 9.84 Å². The summed E-state index contributed by atoms with van der Waals surface area (Å²) >= 11 is 7.62. The van der Waals surface area contributed by atoms with Gasteiger partial charge in [0.05, 0.1) is 21.6 Å². The van der Waals surface area contributed by atoms with E-state index in [4.69, 9.17) is 12.2 Å². The van der Waals surface area contributed by atoms with Gasteiger partial charge in [-0.2, -0.15) is 0 Å². The maximum atomic E-state index is 11.9. The molecule has 0 saturated carbocycles. The largest absolute Gasteiger partial charge is 0.329 e. The number of nitrogens with one attached hydrogen (secondary N) is 1. The van der Waals surface area contributed by atoms with E-state index >= 15 is 0 Å². The Kier molecular flexibility index (Phi) is 3.66. The van der Waals surface area contributed by atoms with Crippen LogP contribution in [0.15, 0.2) is 47.4 Å². The van der Waals surface area contributed by atoms with Gasteiger partial charge in [0.2, 0.25) is 0 Å². The number of rotatable bonds is 2. The molecule has 0 spiro atoms. The average molecular weight is 430 g/mol. The van der Waals surface area contributed by atoms with Crippen molar-refractivity contribution in [3.8, 4) is 5.69 Å². The van der Waals surface area contributed by atoms with Crippen molar-refractivity contribution in [3.63, 3.8) is 0 Å². The van der Waals surface area contributed by atoms with Gasteiger partial charge >= 0.3 is 0 Å². The second kappa shape index (κ2) is 5.22. The summed E-state index contributed by atoms with van der Waals surface area (Å²) < 4.78 is 27.2. The molecule has 0 saturated heterocycles. The molecule has 0 fully saturated rings. The van der Waals surface area contributed by atoms with Crippen LogP contribution in [-0.4, -0.2) is 24.2 Å². The Morgan fingerprint density at radius 3 is 2.52 bits per heavy atom. The maximum Gasteiger partial charge on any atom is 0.182 e. The van der Waals surface area contributed by atoms with Crippen molar-refractivity contribution in [2.45, 2.75) is 4.90 Å². The fourth-order valence-corrected chi connectivity index (χ4v) is 4.06. The lowest BCUT2D eigenvalue weighted by Gasteiger charge is -2.07. The molecule has 1 heterocycles. The van der Waals surface area contributed by atoms with E-state index in [0.717, 1.165) is 14.8 Å². The minimum atomic E-state index is -3.32. The Labute approximate surface area is 140 Å². The van der Waals surface area contributed by atoms with Gasteiger partial charge in [0.15, 0.2) is 14.6 Å². The van der Waals surface area contributed by atoms with E-state index in [-0.39, 0.29) is 4.90 Å². The molecule has 1 aromatic heterocycles. The molecule has 0 radical (unpaired) electrons. The third-order valence-corrected chi connectivity index (χ3v) is 5.51. The Hall–Kier alpha value is -1.19. The van der Waals surface area contributed by atoms with Crippen LogP contribution in [0.5, 0.6) is 0 Å². The van der Waals surface area contributed by atoms with Crippen molar-refractivity contribution in [1.82, 2.24) is 9.55 Å². The van der Waals surface area contributed by atoms with Crippen molar-refractivity contribution in [2.75, 3.05) is 6.26 Å². The fraction of sp³-hybridized carbons (Fsp3) is 0.0714. The normalized spacial score (nSPS) is 11.9. The predicted octanol–water partition coefficient (Wildman–Crippen LogP) is 3.70. The molecule has 4 nitrogen and oxygen atoms in total. The van der Waals surface area contributed by atoms with E-state index in [0.29, 0.717) is 10.3 Å². The van der Waals surface area contributed by atoms with E-state index in [9.17, 15) is 8.42 Å². The highest BCUT2D eigenvalue weighted by Gasteiger charge is 2.16. The van der Waals surface area contributed by atoms with E-state index in [1.165, 1.54) is 6.26 Å². The van der Waals surface area contributed by atoms with Crippen molar-refractivity contribution in [3.05, 3.63) is 50.8 Å². The van der Waals surface area contributed by atoms with Crippen LogP contribution in [0, 0.1) is 8.34 Å². The number of para-hydroxylation sites is 2. The van der Waals surface area contributed by atoms with Crippen LogP contribution >= 0.6 is 34.8 Å². The zero-order valence-corrected chi connectivity index (χ0v) is 14.8. The predicted molar refractivity (Wildman–Crippen MR) is 94.3 cm³/mol. The van der Waals surface area contributed by atoms with Gasteiger partial charge in [0.25, 0.3) is 0 Å². The maximum absolute atomic E-state index is 11.9. The molecular formula is C14H11IN2O2S2. The first kappa shape index (κ1) is 14.7. The summed E-state index contributed by atoms with van der Waals surface area (Å²) in [5.74, 6) is 0. The van der Waals surface area contributed by atoms with Crippen molar-refractivity contribution in [1.29, 1.82) is 0 Å². The van der Waals surface area contributed by atoms with Crippen LogP contribution in [0.25, 0.3) is 16.7 Å². The van der Waals surface area contributed by atoms with Crippen molar-refractivity contribution >= 4 is 55.7 Å². The molecule has 0 bridgehead atoms. The summed E-state index contributed by atoms with van der Waals surface area (Å²) in [6.07, 6.45) is 1.20. The SMILES string of the molecule is CS(=O)(=O)c1cccc2c1[nH]c(=S)n2-c1ccccc1I. The second-order valence-corrected chi connectivity index (χ2v) is 8.17. The van der Waals surface area contributed by atoms with Gasteiger partial charge in [0, 0.05) is 9.83 Å². The molecule has 7 heteroatoms. The zero-order valence-electron chi connectivity index (χ0n) is 11.0. The number of hydrogen-bond acceptors (Lipinski definition) is 3. The molecular weight excluding hydrogens is 419 g/mol. The van der Waals surface area contributed by atoms with Crippen LogP contribution in [0.1, 0.15) is 0 Å². The first-order chi connectivity index (χ1) is 9.89. The highest BCUT2D eigenvalue weighted by molar-refractivity contribution is 14.1. The van der Waals surface area contributed by atoms with Crippen molar-refractivity contribution in [2.24, 2.45) is 0 Å². The molecule has 0 aliphatic rings. The molecule has 108 valence electrons. The number of aromatic nitrogens is 2. The Morgan fingerprint density at radius 1 is 1.14 bits per heavy atom. The Balaban J connectivity index is 2.45. The monoisotopic (exact) mass is 430 g/mol. The van der Waals surface area contributed by atoms with Crippen LogP contribution in [-0.2, 0) is 9.84 Å². The molecule has 0 aliphatic carbocycles. The molecule has 0 unspecified atom stereocenters. The summed E-state index contributed by atoms with van der Waals surface area (Å²) in [6.45, 7) is 0. The van der Waals surface area contributed by atoms with Gasteiger partial charge < -0.3 is 4.98 Å². The third-order valence-electron chi connectivity index (χ3n) is 3.17. The number of sulfone groups is 1. The number of nitrogens with zero attached hydrogens (tertiary/aromatic N) is 1. The van der Waals surface area contributed by atoms with Gasteiger partial charge in [-0.25, -0.2) is 8.42 Å². The molecule has 1 N–H and O–H groups in total. The second-order valence-electron chi connectivity index (χ2n) is 4.64. The topological polar surface area (TPSA) is 54.9 Å². The first-order valence-electron chi connectivity index (χ1n) is 6.08. The number of benzene rings is 2. The summed E-state index contributed by atoms with van der Waals surface area (Å²) in [7, 11) is -3.32. The Morgan fingerprint density at radius 2 is 1.86 bits per heavy atom. The molecule has 2 aromatic carbocycles. The average Bonchev–Trinajstić information content (AvgIpc) is 2.74. The number of aromatic amines is 1. The van der Waals surface area contributed by atoms with Gasteiger partial charge in [-0.05, 0) is 59.1 Å². The zero-order chi connectivity index (χ0) is 15.2. The molecule has 0 atom stereocenters. The fourth-order valence-electron chi connectivity index (χ4n) is 2.28. The molecule has 0 amide bonds.